The Labute approximate surface area is 217 Å². The predicted octanol–water partition coefficient (Wildman–Crippen LogP) is 9.00. The number of phosphoric ester groups is 1. The van der Waals surface area contributed by atoms with E-state index in [1.807, 2.05) is 0 Å². The second kappa shape index (κ2) is 28.6. The molecule has 0 bridgehead atoms. The summed E-state index contributed by atoms with van der Waals surface area (Å²) in [5.41, 5.74) is 0. The van der Waals surface area contributed by atoms with Gasteiger partial charge in [0.05, 0.1) is 26.4 Å². The van der Waals surface area contributed by atoms with Crippen molar-refractivity contribution in [3.05, 3.63) is 0 Å². The van der Waals surface area contributed by atoms with Gasteiger partial charge in [0.1, 0.15) is 0 Å². The van der Waals surface area contributed by atoms with Crippen molar-refractivity contribution in [3.8, 4) is 0 Å². The molecule has 212 valence electrons. The normalized spacial score (nSPS) is 12.0. The summed E-state index contributed by atoms with van der Waals surface area (Å²) in [7, 11) is -4.02. The number of unbranched alkanes of at least 4 members (excludes halogenated alkanes) is 18. The molecule has 1 N–H and O–H groups in total. The van der Waals surface area contributed by atoms with Crippen LogP contribution >= 0.6 is 7.82 Å². The molecule has 0 saturated heterocycles. The average Bonchev–Trinajstić information content (AvgIpc) is 2.84. The van der Waals surface area contributed by atoms with E-state index in [9.17, 15) is 9.46 Å². The summed E-state index contributed by atoms with van der Waals surface area (Å²) in [6.07, 6.45) is 25.8. The van der Waals surface area contributed by atoms with Gasteiger partial charge in [0.25, 0.3) is 0 Å². The summed E-state index contributed by atoms with van der Waals surface area (Å²) >= 11 is 0. The maximum Gasteiger partial charge on any atom is 0.472 e. The third-order valence-electron chi connectivity index (χ3n) is 6.25. The molecule has 0 aliphatic carbocycles. The average molecular weight is 523 g/mol. The fraction of sp³-hybridized carbons (Fsp3) is 1.00. The van der Waals surface area contributed by atoms with Gasteiger partial charge in [-0.3, -0.25) is 9.05 Å². The fourth-order valence-electron chi connectivity index (χ4n) is 4.05. The standard InChI is InChI=1S/C28H59O6P/c1-3-5-7-9-11-13-15-17-19-21-23-31-25-27-33-35(29,30)34-28-26-32-24-22-20-18-16-14-12-10-8-6-4-2/h3-28H2,1-2H3,(H,29,30). The third kappa shape index (κ3) is 30.1. The molecule has 0 amide bonds. The molecule has 0 aliphatic rings. The van der Waals surface area contributed by atoms with E-state index >= 15 is 0 Å². The molecule has 0 rings (SSSR count). The lowest BCUT2D eigenvalue weighted by Gasteiger charge is -2.12. The molecule has 0 unspecified atom stereocenters. The summed E-state index contributed by atoms with van der Waals surface area (Å²) in [4.78, 5) is 9.70. The minimum absolute atomic E-state index is 0.0605. The van der Waals surface area contributed by atoms with Gasteiger partial charge in [0.2, 0.25) is 0 Å². The molecule has 0 aromatic carbocycles. The van der Waals surface area contributed by atoms with Gasteiger partial charge >= 0.3 is 7.82 Å². The van der Waals surface area contributed by atoms with Gasteiger partial charge in [-0.25, -0.2) is 4.57 Å². The van der Waals surface area contributed by atoms with E-state index in [4.69, 9.17) is 18.5 Å². The van der Waals surface area contributed by atoms with Crippen molar-refractivity contribution in [2.45, 2.75) is 142 Å². The second-order valence-corrected chi connectivity index (χ2v) is 11.2. The van der Waals surface area contributed by atoms with E-state index in [0.29, 0.717) is 26.4 Å². The van der Waals surface area contributed by atoms with Crippen molar-refractivity contribution in [1.82, 2.24) is 0 Å². The maximum atomic E-state index is 11.9. The Hall–Kier alpha value is 0.0300. The Bertz CT molecular complexity index is 413. The maximum absolute atomic E-state index is 11.9. The van der Waals surface area contributed by atoms with Crippen molar-refractivity contribution in [2.75, 3.05) is 39.6 Å². The van der Waals surface area contributed by atoms with Crippen LogP contribution in [0.2, 0.25) is 0 Å². The zero-order valence-corrected chi connectivity index (χ0v) is 24.2. The molecule has 0 saturated carbocycles. The molecule has 0 aromatic heterocycles. The summed E-state index contributed by atoms with van der Waals surface area (Å²) in [6, 6.07) is 0. The van der Waals surface area contributed by atoms with Gasteiger partial charge in [-0.2, -0.15) is 0 Å². The van der Waals surface area contributed by atoms with Crippen LogP contribution in [-0.4, -0.2) is 44.5 Å². The van der Waals surface area contributed by atoms with E-state index in [0.717, 1.165) is 12.8 Å². The largest absolute Gasteiger partial charge is 0.472 e. The summed E-state index contributed by atoms with van der Waals surface area (Å²) in [6.45, 7) is 6.58. The summed E-state index contributed by atoms with van der Waals surface area (Å²) in [5, 5.41) is 0. The number of hydrogen-bond acceptors (Lipinski definition) is 5. The Morgan fingerprint density at radius 3 is 1.03 bits per heavy atom. The van der Waals surface area contributed by atoms with Crippen molar-refractivity contribution in [3.63, 3.8) is 0 Å². The Kier molecular flexibility index (Phi) is 28.6. The van der Waals surface area contributed by atoms with Crippen molar-refractivity contribution in [2.24, 2.45) is 0 Å². The van der Waals surface area contributed by atoms with Gasteiger partial charge in [0.15, 0.2) is 0 Å². The number of phosphoric acid groups is 1. The first kappa shape index (κ1) is 35.0. The summed E-state index contributed by atoms with van der Waals surface area (Å²) < 4.78 is 32.7. The van der Waals surface area contributed by atoms with Gasteiger partial charge in [0, 0.05) is 13.2 Å². The molecule has 0 aliphatic heterocycles. The Morgan fingerprint density at radius 2 is 0.714 bits per heavy atom. The SMILES string of the molecule is CCCCCCCCCCCCOCCOP(=O)(O)OCCOCCCCCCCCCCCC. The minimum Gasteiger partial charge on any atom is -0.379 e. The molecule has 0 radical (unpaired) electrons. The first-order chi connectivity index (χ1) is 17.1. The van der Waals surface area contributed by atoms with Crippen LogP contribution in [0.15, 0.2) is 0 Å². The number of hydrogen-bond donors (Lipinski definition) is 1. The van der Waals surface area contributed by atoms with Crippen LogP contribution in [0.1, 0.15) is 142 Å². The van der Waals surface area contributed by atoms with Crippen molar-refractivity contribution in [1.29, 1.82) is 0 Å². The van der Waals surface area contributed by atoms with Gasteiger partial charge in [-0.1, -0.05) is 129 Å². The van der Waals surface area contributed by atoms with E-state index in [1.54, 1.807) is 0 Å². The lowest BCUT2D eigenvalue weighted by molar-refractivity contribution is 0.0564. The van der Waals surface area contributed by atoms with Crippen LogP contribution in [0.25, 0.3) is 0 Å². The van der Waals surface area contributed by atoms with Crippen LogP contribution < -0.4 is 0 Å². The summed E-state index contributed by atoms with van der Waals surface area (Å²) in [5.74, 6) is 0. The highest BCUT2D eigenvalue weighted by Crippen LogP contribution is 2.42. The first-order valence-corrected chi connectivity index (χ1v) is 16.4. The van der Waals surface area contributed by atoms with E-state index in [-0.39, 0.29) is 13.2 Å². The van der Waals surface area contributed by atoms with Crippen molar-refractivity contribution >= 4 is 7.82 Å². The topological polar surface area (TPSA) is 74.2 Å². The van der Waals surface area contributed by atoms with Crippen molar-refractivity contribution < 1.29 is 28.0 Å². The smallest absolute Gasteiger partial charge is 0.379 e. The van der Waals surface area contributed by atoms with E-state index in [1.165, 1.54) is 116 Å². The van der Waals surface area contributed by atoms with Crippen LogP contribution in [-0.2, 0) is 23.1 Å². The predicted molar refractivity (Wildman–Crippen MR) is 147 cm³/mol. The molecule has 7 heteroatoms. The highest BCUT2D eigenvalue weighted by molar-refractivity contribution is 7.47. The first-order valence-electron chi connectivity index (χ1n) is 14.9. The monoisotopic (exact) mass is 522 g/mol. The van der Waals surface area contributed by atoms with E-state index < -0.39 is 7.82 Å². The van der Waals surface area contributed by atoms with Crippen LogP contribution in [0.5, 0.6) is 0 Å². The number of ether oxygens (including phenoxy) is 2. The van der Waals surface area contributed by atoms with Crippen LogP contribution in [0, 0.1) is 0 Å². The lowest BCUT2D eigenvalue weighted by atomic mass is 10.1. The molecule has 0 spiro atoms. The molecule has 6 nitrogen and oxygen atoms in total. The van der Waals surface area contributed by atoms with Gasteiger partial charge in [-0.15, -0.1) is 0 Å². The highest BCUT2D eigenvalue weighted by Gasteiger charge is 2.20. The zero-order chi connectivity index (χ0) is 25.7. The van der Waals surface area contributed by atoms with Gasteiger partial charge < -0.3 is 14.4 Å². The van der Waals surface area contributed by atoms with Crippen LogP contribution in [0.4, 0.5) is 0 Å². The molecular formula is C28H59O6P. The molecule has 35 heavy (non-hydrogen) atoms. The second-order valence-electron chi connectivity index (χ2n) is 9.72. The molecule has 0 aromatic rings. The lowest BCUT2D eigenvalue weighted by Crippen LogP contribution is -2.08. The Morgan fingerprint density at radius 1 is 0.429 bits per heavy atom. The molecule has 0 fully saturated rings. The highest BCUT2D eigenvalue weighted by atomic mass is 31.2. The van der Waals surface area contributed by atoms with Gasteiger partial charge in [-0.05, 0) is 12.8 Å². The molecular weight excluding hydrogens is 463 g/mol. The quantitative estimate of drug-likeness (QED) is 0.0749. The number of rotatable bonds is 30. The van der Waals surface area contributed by atoms with Crippen LogP contribution in [0.3, 0.4) is 0 Å². The molecule has 0 atom stereocenters. The minimum atomic E-state index is -4.02. The Balaban J connectivity index is 3.28. The fourth-order valence-corrected chi connectivity index (χ4v) is 4.73. The zero-order valence-electron chi connectivity index (χ0n) is 23.3. The molecule has 0 heterocycles. The third-order valence-corrected chi connectivity index (χ3v) is 7.27. The van der Waals surface area contributed by atoms with E-state index in [2.05, 4.69) is 13.8 Å².